The van der Waals surface area contributed by atoms with Crippen LogP contribution in [-0.4, -0.2) is 37.9 Å². The summed E-state index contributed by atoms with van der Waals surface area (Å²) in [4.78, 5) is 12.2. The third kappa shape index (κ3) is 4.00. The first kappa shape index (κ1) is 17.2. The highest BCUT2D eigenvalue weighted by Gasteiger charge is 2.18. The zero-order chi connectivity index (χ0) is 17.0. The number of carbonyl (C=O) groups excluding carboxylic acids is 1. The molecule has 1 aromatic heterocycles. The van der Waals surface area contributed by atoms with Crippen LogP contribution in [0.2, 0.25) is 0 Å². The Hall–Kier alpha value is -2.12. The number of hydrogen-bond donors (Lipinski definition) is 2. The standard InChI is InChI=1S/C16H21N3O3S/c1-12-4-6-15(7-5-12)23(21,22)19-9-8-14(11-19)16(20)18-10-13(2)17-3/h4-9,11,13,17H,10H2,1-3H3,(H,18,20). The first-order valence-electron chi connectivity index (χ1n) is 7.30. The number of aromatic nitrogens is 1. The Labute approximate surface area is 136 Å². The smallest absolute Gasteiger partial charge is 0.267 e. The van der Waals surface area contributed by atoms with Crippen molar-refractivity contribution in [1.82, 2.24) is 14.6 Å². The number of benzene rings is 1. The van der Waals surface area contributed by atoms with Gasteiger partial charge in [0.2, 0.25) is 0 Å². The lowest BCUT2D eigenvalue weighted by Gasteiger charge is -2.10. The van der Waals surface area contributed by atoms with Gasteiger partial charge in [0.1, 0.15) is 0 Å². The number of rotatable bonds is 6. The Morgan fingerprint density at radius 2 is 1.87 bits per heavy atom. The van der Waals surface area contributed by atoms with E-state index in [1.165, 1.54) is 18.5 Å². The normalized spacial score (nSPS) is 12.8. The molecule has 1 amide bonds. The maximum absolute atomic E-state index is 12.5. The molecule has 23 heavy (non-hydrogen) atoms. The van der Waals surface area contributed by atoms with Crippen molar-refractivity contribution in [3.63, 3.8) is 0 Å². The van der Waals surface area contributed by atoms with E-state index in [9.17, 15) is 13.2 Å². The zero-order valence-corrected chi connectivity index (χ0v) is 14.2. The first-order valence-corrected chi connectivity index (χ1v) is 8.74. The summed E-state index contributed by atoms with van der Waals surface area (Å²) in [5.74, 6) is -0.301. The van der Waals surface area contributed by atoms with E-state index < -0.39 is 10.0 Å². The van der Waals surface area contributed by atoms with Crippen molar-refractivity contribution in [3.05, 3.63) is 53.9 Å². The fourth-order valence-electron chi connectivity index (χ4n) is 1.94. The average Bonchev–Trinajstić information content (AvgIpc) is 3.03. The highest BCUT2D eigenvalue weighted by atomic mass is 32.2. The Morgan fingerprint density at radius 1 is 1.22 bits per heavy atom. The minimum atomic E-state index is -3.68. The van der Waals surface area contributed by atoms with Crippen molar-refractivity contribution >= 4 is 15.9 Å². The van der Waals surface area contributed by atoms with Gasteiger partial charge in [-0.3, -0.25) is 4.79 Å². The molecule has 2 aromatic rings. The van der Waals surface area contributed by atoms with Gasteiger partial charge in [0.25, 0.3) is 15.9 Å². The number of aryl methyl sites for hydroxylation is 1. The molecule has 1 heterocycles. The number of likely N-dealkylation sites (N-methyl/N-ethyl adjacent to an activating group) is 1. The molecule has 0 saturated carbocycles. The van der Waals surface area contributed by atoms with Gasteiger partial charge < -0.3 is 10.6 Å². The number of nitrogens with zero attached hydrogens (tertiary/aromatic N) is 1. The summed E-state index contributed by atoms with van der Waals surface area (Å²) in [7, 11) is -1.87. The van der Waals surface area contributed by atoms with Gasteiger partial charge >= 0.3 is 0 Å². The van der Waals surface area contributed by atoms with Crippen LogP contribution >= 0.6 is 0 Å². The second-order valence-corrected chi connectivity index (χ2v) is 7.29. The van der Waals surface area contributed by atoms with Crippen LogP contribution in [0.25, 0.3) is 0 Å². The van der Waals surface area contributed by atoms with E-state index in [2.05, 4.69) is 10.6 Å². The molecule has 2 N–H and O–H groups in total. The van der Waals surface area contributed by atoms with Gasteiger partial charge in [0, 0.05) is 25.0 Å². The van der Waals surface area contributed by atoms with Gasteiger partial charge in [-0.1, -0.05) is 17.7 Å². The van der Waals surface area contributed by atoms with E-state index in [4.69, 9.17) is 0 Å². The molecule has 0 fully saturated rings. The molecule has 1 aromatic carbocycles. The molecule has 1 unspecified atom stereocenters. The number of carbonyl (C=O) groups is 1. The third-order valence-corrected chi connectivity index (χ3v) is 5.24. The predicted molar refractivity (Wildman–Crippen MR) is 89.0 cm³/mol. The fourth-order valence-corrected chi connectivity index (χ4v) is 3.14. The molecule has 6 nitrogen and oxygen atoms in total. The maximum Gasteiger partial charge on any atom is 0.267 e. The SMILES string of the molecule is CNC(C)CNC(=O)c1ccn(S(=O)(=O)c2ccc(C)cc2)c1. The van der Waals surface area contributed by atoms with E-state index >= 15 is 0 Å². The summed E-state index contributed by atoms with van der Waals surface area (Å²) in [5, 5.41) is 5.76. The van der Waals surface area contributed by atoms with Crippen molar-refractivity contribution in [1.29, 1.82) is 0 Å². The molecule has 2 rings (SSSR count). The van der Waals surface area contributed by atoms with Gasteiger partial charge in [0.05, 0.1) is 10.5 Å². The topological polar surface area (TPSA) is 80.2 Å². The highest BCUT2D eigenvalue weighted by Crippen LogP contribution is 2.16. The average molecular weight is 335 g/mol. The Bertz CT molecular complexity index is 779. The maximum atomic E-state index is 12.5. The molecular formula is C16H21N3O3S. The summed E-state index contributed by atoms with van der Waals surface area (Å²) in [6.45, 7) is 4.29. The van der Waals surface area contributed by atoms with Crippen molar-refractivity contribution in [3.8, 4) is 0 Å². The van der Waals surface area contributed by atoms with Crippen LogP contribution in [0.3, 0.4) is 0 Å². The second-order valence-electron chi connectivity index (χ2n) is 5.45. The van der Waals surface area contributed by atoms with Crippen molar-refractivity contribution in [2.24, 2.45) is 0 Å². The summed E-state index contributed by atoms with van der Waals surface area (Å²) >= 11 is 0. The molecule has 0 aliphatic carbocycles. The fraction of sp³-hybridized carbons (Fsp3) is 0.312. The minimum absolute atomic E-state index is 0.136. The molecule has 7 heteroatoms. The summed E-state index contributed by atoms with van der Waals surface area (Å²) in [6, 6.07) is 8.22. The number of nitrogens with one attached hydrogen (secondary N) is 2. The van der Waals surface area contributed by atoms with E-state index in [0.717, 1.165) is 9.54 Å². The predicted octanol–water partition coefficient (Wildman–Crippen LogP) is 1.37. The molecular weight excluding hydrogens is 314 g/mol. The zero-order valence-electron chi connectivity index (χ0n) is 13.4. The molecule has 0 spiro atoms. The summed E-state index contributed by atoms with van der Waals surface area (Å²) in [6.07, 6.45) is 2.71. The van der Waals surface area contributed by atoms with Gasteiger partial charge in [0.15, 0.2) is 0 Å². The Morgan fingerprint density at radius 3 is 2.48 bits per heavy atom. The lowest BCUT2D eigenvalue weighted by atomic mass is 10.2. The molecule has 0 bridgehead atoms. The quantitative estimate of drug-likeness (QED) is 0.835. The van der Waals surface area contributed by atoms with E-state index in [1.807, 2.05) is 13.8 Å². The molecule has 0 saturated heterocycles. The molecule has 124 valence electrons. The van der Waals surface area contributed by atoms with Crippen LogP contribution in [0.15, 0.2) is 47.6 Å². The Kier molecular flexibility index (Phi) is 5.23. The van der Waals surface area contributed by atoms with E-state index in [-0.39, 0.29) is 16.8 Å². The van der Waals surface area contributed by atoms with Crippen LogP contribution in [-0.2, 0) is 10.0 Å². The molecule has 0 radical (unpaired) electrons. The van der Waals surface area contributed by atoms with Crippen molar-refractivity contribution < 1.29 is 13.2 Å². The number of amides is 1. The molecule has 1 atom stereocenters. The van der Waals surface area contributed by atoms with Crippen LogP contribution in [0.1, 0.15) is 22.8 Å². The lowest BCUT2D eigenvalue weighted by molar-refractivity contribution is 0.0950. The van der Waals surface area contributed by atoms with Crippen molar-refractivity contribution in [2.75, 3.05) is 13.6 Å². The second kappa shape index (κ2) is 6.97. The van der Waals surface area contributed by atoms with Gasteiger partial charge in [-0.2, -0.15) is 0 Å². The number of hydrogen-bond acceptors (Lipinski definition) is 4. The van der Waals surface area contributed by atoms with Crippen molar-refractivity contribution in [2.45, 2.75) is 24.8 Å². The lowest BCUT2D eigenvalue weighted by Crippen LogP contribution is -2.37. The highest BCUT2D eigenvalue weighted by molar-refractivity contribution is 7.90. The Balaban J connectivity index is 2.18. The van der Waals surface area contributed by atoms with Gasteiger partial charge in [-0.25, -0.2) is 12.4 Å². The summed E-state index contributed by atoms with van der Waals surface area (Å²) in [5.41, 5.74) is 1.29. The van der Waals surface area contributed by atoms with E-state index in [1.54, 1.807) is 31.3 Å². The van der Waals surface area contributed by atoms with Crippen LogP contribution < -0.4 is 10.6 Å². The monoisotopic (exact) mass is 335 g/mol. The largest absolute Gasteiger partial charge is 0.350 e. The van der Waals surface area contributed by atoms with Crippen LogP contribution in [0.5, 0.6) is 0 Å². The van der Waals surface area contributed by atoms with E-state index in [0.29, 0.717) is 12.1 Å². The molecule has 0 aliphatic rings. The molecule has 0 aliphatic heterocycles. The minimum Gasteiger partial charge on any atom is -0.350 e. The van der Waals surface area contributed by atoms with Crippen LogP contribution in [0.4, 0.5) is 0 Å². The van der Waals surface area contributed by atoms with Gasteiger partial charge in [-0.15, -0.1) is 0 Å². The first-order chi connectivity index (χ1) is 10.8. The van der Waals surface area contributed by atoms with Gasteiger partial charge in [-0.05, 0) is 39.1 Å². The summed E-state index contributed by atoms with van der Waals surface area (Å²) < 4.78 is 26.1. The third-order valence-electron chi connectivity index (χ3n) is 3.59. The van der Waals surface area contributed by atoms with Crippen LogP contribution in [0, 0.1) is 6.92 Å².